The van der Waals surface area contributed by atoms with E-state index in [1.54, 1.807) is 4.90 Å². The molecule has 1 amide bonds. The van der Waals surface area contributed by atoms with Crippen LogP contribution in [0.15, 0.2) is 0 Å². The highest BCUT2D eigenvalue weighted by atomic mass is 16.4. The molecule has 2 aliphatic rings. The van der Waals surface area contributed by atoms with Crippen molar-refractivity contribution < 1.29 is 19.5 Å². The van der Waals surface area contributed by atoms with Gasteiger partial charge in [-0.15, -0.1) is 0 Å². The number of Topliss-reactive ketones (excluding diaryl/α,β-unsaturated/α-hetero) is 1. The summed E-state index contributed by atoms with van der Waals surface area (Å²) in [4.78, 5) is 36.1. The quantitative estimate of drug-likeness (QED) is 0.768. The van der Waals surface area contributed by atoms with Crippen LogP contribution in [0.4, 0.5) is 0 Å². The molecule has 1 saturated heterocycles. The Balaban J connectivity index is 2.15. The summed E-state index contributed by atoms with van der Waals surface area (Å²) in [6.07, 6.45) is 1.74. The highest BCUT2D eigenvalue weighted by Gasteiger charge is 2.42. The van der Waals surface area contributed by atoms with Crippen LogP contribution < -0.4 is 0 Å². The molecule has 0 bridgehead atoms. The first-order valence-electron chi connectivity index (χ1n) is 6.05. The van der Waals surface area contributed by atoms with E-state index in [1.165, 1.54) is 0 Å². The Morgan fingerprint density at radius 3 is 2.59 bits per heavy atom. The van der Waals surface area contributed by atoms with E-state index in [2.05, 4.69) is 0 Å². The zero-order valence-corrected chi connectivity index (χ0v) is 9.89. The van der Waals surface area contributed by atoms with Crippen LogP contribution >= 0.6 is 0 Å². The number of aliphatic carboxylic acids is 1. The van der Waals surface area contributed by atoms with Gasteiger partial charge in [-0.05, 0) is 12.8 Å². The van der Waals surface area contributed by atoms with Gasteiger partial charge in [-0.1, -0.05) is 6.92 Å². The maximum atomic E-state index is 11.9. The molecule has 1 unspecified atom stereocenters. The van der Waals surface area contributed by atoms with Crippen molar-refractivity contribution in [2.75, 3.05) is 6.54 Å². The molecule has 1 aliphatic carbocycles. The standard InChI is InChI=1S/C12H17NO4/c1-7-4-5-13(11(7)15)10-3-2-8(14)6-9(10)12(16)17/h7,9-10H,2-6H2,1H3,(H,16,17)/t7-,9+,10?/m0/s1. The molecule has 0 aromatic carbocycles. The zero-order chi connectivity index (χ0) is 12.6. The summed E-state index contributed by atoms with van der Waals surface area (Å²) >= 11 is 0. The molecular formula is C12H17NO4. The summed E-state index contributed by atoms with van der Waals surface area (Å²) in [5.74, 6) is -1.66. The summed E-state index contributed by atoms with van der Waals surface area (Å²) in [6.45, 7) is 2.49. The van der Waals surface area contributed by atoms with Gasteiger partial charge < -0.3 is 10.0 Å². The van der Waals surface area contributed by atoms with Crippen molar-refractivity contribution in [3.8, 4) is 0 Å². The Hall–Kier alpha value is -1.39. The average Bonchev–Trinajstić information content (AvgIpc) is 2.60. The van der Waals surface area contributed by atoms with Gasteiger partial charge in [0.05, 0.1) is 5.92 Å². The summed E-state index contributed by atoms with van der Waals surface area (Å²) in [7, 11) is 0. The number of hydrogen-bond acceptors (Lipinski definition) is 3. The lowest BCUT2D eigenvalue weighted by atomic mass is 9.83. The van der Waals surface area contributed by atoms with E-state index in [-0.39, 0.29) is 30.1 Å². The SMILES string of the molecule is C[C@H]1CCN(C2CCC(=O)C[C@H]2C(=O)O)C1=O. The lowest BCUT2D eigenvalue weighted by Gasteiger charge is -2.35. The van der Waals surface area contributed by atoms with Gasteiger partial charge in [0.15, 0.2) is 0 Å². The molecule has 5 nitrogen and oxygen atoms in total. The molecule has 0 aromatic heterocycles. The van der Waals surface area contributed by atoms with Gasteiger partial charge in [0.1, 0.15) is 5.78 Å². The molecule has 2 fully saturated rings. The fourth-order valence-corrected chi connectivity index (χ4v) is 2.80. The van der Waals surface area contributed by atoms with Crippen molar-refractivity contribution in [1.29, 1.82) is 0 Å². The monoisotopic (exact) mass is 239 g/mol. The Morgan fingerprint density at radius 1 is 1.35 bits per heavy atom. The first-order valence-corrected chi connectivity index (χ1v) is 6.05. The Morgan fingerprint density at radius 2 is 2.06 bits per heavy atom. The molecule has 2 rings (SSSR count). The van der Waals surface area contributed by atoms with E-state index in [0.717, 1.165) is 6.42 Å². The summed E-state index contributed by atoms with van der Waals surface area (Å²) in [5.41, 5.74) is 0. The minimum Gasteiger partial charge on any atom is -0.481 e. The van der Waals surface area contributed by atoms with E-state index < -0.39 is 11.9 Å². The van der Waals surface area contributed by atoms with Crippen LogP contribution in [0.1, 0.15) is 32.6 Å². The second kappa shape index (κ2) is 4.47. The number of amides is 1. The van der Waals surface area contributed by atoms with Gasteiger partial charge in [-0.2, -0.15) is 0 Å². The van der Waals surface area contributed by atoms with Crippen molar-refractivity contribution in [2.45, 2.75) is 38.6 Å². The predicted octanol–water partition coefficient (Wildman–Crippen LogP) is 0.677. The Labute approximate surface area is 99.8 Å². The van der Waals surface area contributed by atoms with E-state index in [9.17, 15) is 14.4 Å². The fourth-order valence-electron chi connectivity index (χ4n) is 2.80. The lowest BCUT2D eigenvalue weighted by molar-refractivity contribution is -0.150. The molecule has 1 heterocycles. The molecule has 0 radical (unpaired) electrons. The van der Waals surface area contributed by atoms with E-state index in [4.69, 9.17) is 5.11 Å². The molecule has 0 spiro atoms. The topological polar surface area (TPSA) is 74.7 Å². The number of ketones is 1. The largest absolute Gasteiger partial charge is 0.481 e. The van der Waals surface area contributed by atoms with Crippen LogP contribution in [0.5, 0.6) is 0 Å². The number of carbonyl (C=O) groups is 3. The van der Waals surface area contributed by atoms with Crippen LogP contribution in [-0.4, -0.2) is 40.3 Å². The number of carbonyl (C=O) groups excluding carboxylic acids is 2. The molecule has 5 heteroatoms. The first-order chi connectivity index (χ1) is 8.00. The molecule has 0 aromatic rings. The number of hydrogen-bond donors (Lipinski definition) is 1. The zero-order valence-electron chi connectivity index (χ0n) is 9.89. The van der Waals surface area contributed by atoms with Gasteiger partial charge in [0.2, 0.25) is 5.91 Å². The van der Waals surface area contributed by atoms with Gasteiger partial charge >= 0.3 is 5.97 Å². The van der Waals surface area contributed by atoms with Crippen LogP contribution in [0, 0.1) is 11.8 Å². The van der Waals surface area contributed by atoms with Gasteiger partial charge in [0, 0.05) is 31.3 Å². The highest BCUT2D eigenvalue weighted by molar-refractivity contribution is 5.87. The van der Waals surface area contributed by atoms with Crippen molar-refractivity contribution in [3.63, 3.8) is 0 Å². The number of rotatable bonds is 2. The third-order valence-corrected chi connectivity index (χ3v) is 3.86. The highest BCUT2D eigenvalue weighted by Crippen LogP contribution is 2.31. The van der Waals surface area contributed by atoms with Crippen molar-refractivity contribution in [2.24, 2.45) is 11.8 Å². The smallest absolute Gasteiger partial charge is 0.309 e. The summed E-state index contributed by atoms with van der Waals surface area (Å²) in [6, 6.07) is -0.289. The van der Waals surface area contributed by atoms with Crippen LogP contribution in [0.2, 0.25) is 0 Å². The minimum atomic E-state index is -0.963. The molecule has 1 saturated carbocycles. The van der Waals surface area contributed by atoms with E-state index in [0.29, 0.717) is 19.4 Å². The normalized spacial score (nSPS) is 34.2. The predicted molar refractivity (Wildman–Crippen MR) is 59.3 cm³/mol. The first kappa shape index (κ1) is 12.1. The molecular weight excluding hydrogens is 222 g/mol. The summed E-state index contributed by atoms with van der Waals surface area (Å²) < 4.78 is 0. The van der Waals surface area contributed by atoms with Gasteiger partial charge in [0.25, 0.3) is 0 Å². The van der Waals surface area contributed by atoms with Crippen molar-refractivity contribution in [1.82, 2.24) is 4.90 Å². The molecule has 94 valence electrons. The Bertz CT molecular complexity index is 366. The average molecular weight is 239 g/mol. The minimum absolute atomic E-state index is 0.00616. The maximum Gasteiger partial charge on any atom is 0.309 e. The summed E-state index contributed by atoms with van der Waals surface area (Å²) in [5, 5.41) is 9.15. The van der Waals surface area contributed by atoms with Gasteiger partial charge in [-0.3, -0.25) is 14.4 Å². The molecule has 1 aliphatic heterocycles. The third-order valence-electron chi connectivity index (χ3n) is 3.86. The van der Waals surface area contributed by atoms with E-state index >= 15 is 0 Å². The third kappa shape index (κ3) is 2.18. The van der Waals surface area contributed by atoms with Crippen LogP contribution in [-0.2, 0) is 14.4 Å². The fraction of sp³-hybridized carbons (Fsp3) is 0.750. The number of nitrogens with zero attached hydrogens (tertiary/aromatic N) is 1. The second-order valence-electron chi connectivity index (χ2n) is 5.01. The van der Waals surface area contributed by atoms with Crippen molar-refractivity contribution >= 4 is 17.7 Å². The number of likely N-dealkylation sites (tertiary alicyclic amines) is 1. The molecule has 17 heavy (non-hydrogen) atoms. The lowest BCUT2D eigenvalue weighted by Crippen LogP contribution is -2.48. The van der Waals surface area contributed by atoms with Crippen LogP contribution in [0.3, 0.4) is 0 Å². The maximum absolute atomic E-state index is 11.9. The second-order valence-corrected chi connectivity index (χ2v) is 5.01. The van der Waals surface area contributed by atoms with Crippen LogP contribution in [0.25, 0.3) is 0 Å². The van der Waals surface area contributed by atoms with Gasteiger partial charge in [-0.25, -0.2) is 0 Å². The molecule has 3 atom stereocenters. The van der Waals surface area contributed by atoms with Crippen molar-refractivity contribution in [3.05, 3.63) is 0 Å². The molecule has 1 N–H and O–H groups in total. The Kier molecular flexibility index (Phi) is 3.17. The number of carboxylic acids is 1. The number of carboxylic acid groups (broad SMARTS) is 1. The van der Waals surface area contributed by atoms with E-state index in [1.807, 2.05) is 6.92 Å².